The van der Waals surface area contributed by atoms with E-state index in [0.29, 0.717) is 17.3 Å². The highest BCUT2D eigenvalue weighted by atomic mass is 32.2. The van der Waals surface area contributed by atoms with Crippen LogP contribution in [0.1, 0.15) is 17.5 Å². The van der Waals surface area contributed by atoms with Gasteiger partial charge in [0.2, 0.25) is 11.0 Å². The molecule has 0 N–H and O–H groups in total. The molecule has 0 fully saturated rings. The summed E-state index contributed by atoms with van der Waals surface area (Å²) in [5.41, 5.74) is 2.99. The van der Waals surface area contributed by atoms with Gasteiger partial charge in [0.15, 0.2) is 0 Å². The second kappa shape index (κ2) is 9.69. The van der Waals surface area contributed by atoms with E-state index in [9.17, 15) is 4.79 Å². The molecule has 4 aromatic rings. The minimum absolute atomic E-state index is 0.0682. The lowest BCUT2D eigenvalue weighted by molar-refractivity contribution is -0.118. The van der Waals surface area contributed by atoms with Crippen LogP contribution in [0.3, 0.4) is 0 Å². The predicted molar refractivity (Wildman–Crippen MR) is 128 cm³/mol. The van der Waals surface area contributed by atoms with Gasteiger partial charge in [0, 0.05) is 17.1 Å². The van der Waals surface area contributed by atoms with Crippen molar-refractivity contribution in [3.05, 3.63) is 90.0 Å². The molecule has 0 bridgehead atoms. The predicted octanol–water partition coefficient (Wildman–Crippen LogP) is 6.15. The molecule has 0 aliphatic heterocycles. The molecule has 4 rings (SSSR count). The summed E-state index contributed by atoms with van der Waals surface area (Å²) in [5.74, 6) is 0.617. The number of carbonyl (C=O) groups is 1. The third-order valence-electron chi connectivity index (χ3n) is 4.40. The van der Waals surface area contributed by atoms with E-state index in [0.717, 1.165) is 20.7 Å². The van der Waals surface area contributed by atoms with E-state index in [1.807, 2.05) is 60.7 Å². The number of rotatable bonds is 7. The third-order valence-corrected chi connectivity index (χ3v) is 6.41. The molecular weight excluding hydrogens is 410 g/mol. The van der Waals surface area contributed by atoms with E-state index in [-0.39, 0.29) is 5.91 Å². The molecule has 150 valence electrons. The molecule has 0 unspecified atom stereocenters. The molecule has 1 aromatic heterocycles. The van der Waals surface area contributed by atoms with Gasteiger partial charge in [-0.3, -0.25) is 4.79 Å². The van der Waals surface area contributed by atoms with Crippen molar-refractivity contribution < 1.29 is 4.79 Å². The van der Waals surface area contributed by atoms with Crippen LogP contribution in [0.15, 0.2) is 88.9 Å². The highest BCUT2D eigenvalue weighted by Gasteiger charge is 2.19. The molecule has 0 radical (unpaired) electrons. The van der Waals surface area contributed by atoms with Crippen molar-refractivity contribution in [1.82, 2.24) is 4.98 Å². The van der Waals surface area contributed by atoms with Gasteiger partial charge >= 0.3 is 0 Å². The molecule has 0 aliphatic rings. The molecule has 0 aliphatic carbocycles. The van der Waals surface area contributed by atoms with Gasteiger partial charge in [0.25, 0.3) is 0 Å². The summed E-state index contributed by atoms with van der Waals surface area (Å²) in [6.07, 6.45) is 2.08. The summed E-state index contributed by atoms with van der Waals surface area (Å²) in [7, 11) is 0. The van der Waals surface area contributed by atoms with Crippen molar-refractivity contribution >= 4 is 50.6 Å². The van der Waals surface area contributed by atoms with Gasteiger partial charge in [-0.2, -0.15) is 10.1 Å². The number of hydrogen-bond donors (Lipinski definition) is 0. The van der Waals surface area contributed by atoms with Crippen LogP contribution < -0.4 is 5.01 Å². The Labute approximate surface area is 184 Å². The number of amides is 1. The number of aromatic nitrogens is 1. The number of hydrazone groups is 1. The van der Waals surface area contributed by atoms with Crippen LogP contribution in [0.25, 0.3) is 10.2 Å². The lowest BCUT2D eigenvalue weighted by Gasteiger charge is -2.13. The molecule has 0 spiro atoms. The highest BCUT2D eigenvalue weighted by Crippen LogP contribution is 2.30. The van der Waals surface area contributed by atoms with Crippen molar-refractivity contribution in [2.45, 2.75) is 18.2 Å². The fourth-order valence-electron chi connectivity index (χ4n) is 2.87. The Bertz CT molecular complexity index is 1160. The number of anilines is 1. The van der Waals surface area contributed by atoms with Gasteiger partial charge in [-0.15, -0.1) is 11.8 Å². The molecule has 6 heteroatoms. The van der Waals surface area contributed by atoms with Crippen LogP contribution in [-0.4, -0.2) is 22.9 Å². The molecule has 0 atom stereocenters. The summed E-state index contributed by atoms with van der Waals surface area (Å²) in [6, 6.07) is 26.0. The molecule has 1 amide bonds. The smallest absolute Gasteiger partial charge is 0.250 e. The zero-order valence-corrected chi connectivity index (χ0v) is 18.2. The number of aryl methyl sites for hydroxylation is 1. The van der Waals surface area contributed by atoms with Crippen molar-refractivity contribution in [3.63, 3.8) is 0 Å². The normalized spacial score (nSPS) is 11.2. The van der Waals surface area contributed by atoms with Crippen molar-refractivity contribution in [2.75, 3.05) is 10.8 Å². The summed E-state index contributed by atoms with van der Waals surface area (Å²) < 4.78 is 1.05. The van der Waals surface area contributed by atoms with Gasteiger partial charge in [-0.05, 0) is 42.3 Å². The fraction of sp³-hybridized carbons (Fsp3) is 0.125. The van der Waals surface area contributed by atoms with E-state index >= 15 is 0 Å². The molecule has 3 aromatic carbocycles. The summed E-state index contributed by atoms with van der Waals surface area (Å²) >= 11 is 3.15. The zero-order valence-electron chi connectivity index (χ0n) is 16.6. The number of fused-ring (bicyclic) bond motifs is 1. The van der Waals surface area contributed by atoms with E-state index in [1.54, 1.807) is 18.0 Å². The number of hydrogen-bond acceptors (Lipinski definition) is 5. The van der Waals surface area contributed by atoms with Crippen molar-refractivity contribution in [3.8, 4) is 0 Å². The SMILES string of the molecule is Cc1ccc2nc(N(/N=C/c3ccccc3)C(=O)CCSc3ccccc3)sc2c1. The average molecular weight is 432 g/mol. The van der Waals surface area contributed by atoms with Gasteiger partial charge in [0.05, 0.1) is 16.4 Å². The van der Waals surface area contributed by atoms with Crippen LogP contribution in [0.5, 0.6) is 0 Å². The van der Waals surface area contributed by atoms with Crippen LogP contribution in [-0.2, 0) is 4.79 Å². The first kappa shape index (κ1) is 20.3. The van der Waals surface area contributed by atoms with Gasteiger partial charge in [-0.25, -0.2) is 4.98 Å². The fourth-order valence-corrected chi connectivity index (χ4v) is 4.77. The first-order chi connectivity index (χ1) is 14.7. The average Bonchev–Trinajstić information content (AvgIpc) is 3.18. The number of benzene rings is 3. The molecule has 1 heterocycles. The first-order valence-corrected chi connectivity index (χ1v) is 11.5. The van der Waals surface area contributed by atoms with Gasteiger partial charge < -0.3 is 0 Å². The van der Waals surface area contributed by atoms with Crippen LogP contribution in [0.2, 0.25) is 0 Å². The van der Waals surface area contributed by atoms with Gasteiger partial charge in [0.1, 0.15) is 0 Å². The highest BCUT2D eigenvalue weighted by molar-refractivity contribution is 7.99. The molecule has 0 saturated carbocycles. The lowest BCUT2D eigenvalue weighted by atomic mass is 10.2. The lowest BCUT2D eigenvalue weighted by Crippen LogP contribution is -2.25. The van der Waals surface area contributed by atoms with E-state index in [4.69, 9.17) is 0 Å². The number of thiazole rings is 1. The maximum Gasteiger partial charge on any atom is 0.250 e. The Morgan fingerprint density at radius 2 is 1.80 bits per heavy atom. The maximum atomic E-state index is 13.1. The largest absolute Gasteiger partial charge is 0.272 e. The number of nitrogens with zero attached hydrogens (tertiary/aromatic N) is 3. The maximum absolute atomic E-state index is 13.1. The second-order valence-electron chi connectivity index (χ2n) is 6.74. The monoisotopic (exact) mass is 431 g/mol. The standard InChI is InChI=1S/C24H21N3OS2/c1-18-12-13-21-22(16-18)30-24(26-21)27(25-17-19-8-4-2-5-9-19)23(28)14-15-29-20-10-6-3-7-11-20/h2-13,16-17H,14-15H2,1H3/b25-17+. The van der Waals surface area contributed by atoms with Crippen LogP contribution in [0, 0.1) is 6.92 Å². The van der Waals surface area contributed by atoms with Crippen LogP contribution in [0.4, 0.5) is 5.13 Å². The molecular formula is C24H21N3OS2. The second-order valence-corrected chi connectivity index (χ2v) is 8.92. The van der Waals surface area contributed by atoms with E-state index in [1.165, 1.54) is 21.9 Å². The Balaban J connectivity index is 1.55. The Hall–Kier alpha value is -2.96. The Morgan fingerprint density at radius 1 is 1.07 bits per heavy atom. The summed E-state index contributed by atoms with van der Waals surface area (Å²) in [4.78, 5) is 18.9. The summed E-state index contributed by atoms with van der Waals surface area (Å²) in [6.45, 7) is 2.05. The minimum atomic E-state index is -0.0682. The Kier molecular flexibility index (Phi) is 6.57. The van der Waals surface area contributed by atoms with E-state index in [2.05, 4.69) is 35.2 Å². The minimum Gasteiger partial charge on any atom is -0.272 e. The first-order valence-electron chi connectivity index (χ1n) is 9.66. The zero-order chi connectivity index (χ0) is 20.8. The van der Waals surface area contributed by atoms with Crippen molar-refractivity contribution in [2.24, 2.45) is 5.10 Å². The number of thioether (sulfide) groups is 1. The van der Waals surface area contributed by atoms with Crippen molar-refractivity contribution in [1.29, 1.82) is 0 Å². The van der Waals surface area contributed by atoms with E-state index < -0.39 is 0 Å². The molecule has 4 nitrogen and oxygen atoms in total. The topological polar surface area (TPSA) is 45.6 Å². The molecule has 30 heavy (non-hydrogen) atoms. The quantitative estimate of drug-likeness (QED) is 0.200. The Morgan fingerprint density at radius 3 is 2.57 bits per heavy atom. The van der Waals surface area contributed by atoms with Crippen LogP contribution >= 0.6 is 23.1 Å². The third kappa shape index (κ3) is 5.14. The molecule has 0 saturated heterocycles. The van der Waals surface area contributed by atoms with Gasteiger partial charge in [-0.1, -0.05) is 65.9 Å². The summed E-state index contributed by atoms with van der Waals surface area (Å²) in [5, 5.41) is 6.54. The number of carbonyl (C=O) groups excluding carboxylic acids is 1.